The predicted octanol–water partition coefficient (Wildman–Crippen LogP) is 2.88. The molecule has 0 amide bonds. The lowest BCUT2D eigenvalue weighted by atomic mass is 10.0. The third kappa shape index (κ3) is 6.28. The van der Waals surface area contributed by atoms with Crippen LogP contribution in [0, 0.1) is 5.92 Å². The summed E-state index contributed by atoms with van der Waals surface area (Å²) in [6.45, 7) is 8.44. The van der Waals surface area contributed by atoms with Gasteiger partial charge in [0.2, 0.25) is 0 Å². The topological polar surface area (TPSA) is 38.1 Å². The summed E-state index contributed by atoms with van der Waals surface area (Å²) in [7, 11) is 1.98. The Morgan fingerprint density at radius 1 is 1.40 bits per heavy atom. The van der Waals surface area contributed by atoms with Crippen molar-refractivity contribution in [3.63, 3.8) is 0 Å². The summed E-state index contributed by atoms with van der Waals surface area (Å²) in [4.78, 5) is 4.10. The lowest BCUT2D eigenvalue weighted by Gasteiger charge is -2.16. The van der Waals surface area contributed by atoms with Crippen molar-refractivity contribution >= 4 is 0 Å². The summed E-state index contributed by atoms with van der Waals surface area (Å²) in [6.07, 6.45) is 5.34. The number of likely N-dealkylation sites (N-methyl/N-ethyl adjacent to an activating group) is 1. The maximum Gasteiger partial charge on any atom is 0.195 e. The van der Waals surface area contributed by atoms with E-state index in [-0.39, 0.29) is 0 Å². The number of hydrogen-bond acceptors (Lipinski definition) is 3. The average Bonchev–Trinajstić information content (AvgIpc) is 2.72. The van der Waals surface area contributed by atoms with Crippen molar-refractivity contribution in [3.8, 4) is 0 Å². The molecule has 0 aliphatic rings. The Balaban J connectivity index is 0.000000921. The summed E-state index contributed by atoms with van der Waals surface area (Å²) in [5.74, 6) is 1.52. The number of hydrogen-bond donors (Lipinski definition) is 1. The van der Waals surface area contributed by atoms with Crippen LogP contribution in [0.1, 0.15) is 40.0 Å². The van der Waals surface area contributed by atoms with Crippen LogP contribution in [-0.2, 0) is 6.42 Å². The highest BCUT2D eigenvalue weighted by Gasteiger charge is 2.11. The molecule has 0 aliphatic heterocycles. The van der Waals surface area contributed by atoms with Crippen LogP contribution in [0.25, 0.3) is 0 Å². The maximum absolute atomic E-state index is 5.20. The quantitative estimate of drug-likeness (QED) is 0.815. The van der Waals surface area contributed by atoms with Crippen LogP contribution in [0.3, 0.4) is 0 Å². The Bertz CT molecular complexity index is 220. The van der Waals surface area contributed by atoms with Gasteiger partial charge in [0, 0.05) is 12.5 Å². The molecule has 1 rings (SSSR count). The normalized spacial score (nSPS) is 12.1. The van der Waals surface area contributed by atoms with E-state index in [2.05, 4.69) is 24.1 Å². The smallest absolute Gasteiger partial charge is 0.195 e. The minimum absolute atomic E-state index is 0.471. The zero-order valence-corrected chi connectivity index (χ0v) is 10.6. The molecule has 88 valence electrons. The number of rotatable bonds is 5. The van der Waals surface area contributed by atoms with Crippen molar-refractivity contribution in [2.75, 3.05) is 7.05 Å². The van der Waals surface area contributed by atoms with Crippen molar-refractivity contribution in [1.82, 2.24) is 10.3 Å². The average molecular weight is 212 g/mol. The number of nitrogens with one attached hydrogen (secondary N) is 1. The lowest BCUT2D eigenvalue weighted by molar-refractivity contribution is 0.396. The molecule has 3 heteroatoms. The molecule has 0 aromatic carbocycles. The van der Waals surface area contributed by atoms with Gasteiger partial charge in [0.15, 0.2) is 5.89 Å². The second-order valence-electron chi connectivity index (χ2n) is 3.75. The third-order valence-corrected chi connectivity index (χ3v) is 2.07. The van der Waals surface area contributed by atoms with E-state index in [1.54, 1.807) is 12.5 Å². The van der Waals surface area contributed by atoms with Gasteiger partial charge in [0.1, 0.15) is 6.26 Å². The van der Waals surface area contributed by atoms with Gasteiger partial charge < -0.3 is 9.73 Å². The minimum atomic E-state index is 0.471. The second kappa shape index (κ2) is 8.48. The van der Waals surface area contributed by atoms with Crippen molar-refractivity contribution in [3.05, 3.63) is 18.4 Å². The van der Waals surface area contributed by atoms with E-state index < -0.39 is 0 Å². The molecule has 0 fully saturated rings. The van der Waals surface area contributed by atoms with Crippen LogP contribution in [0.15, 0.2) is 16.9 Å². The zero-order valence-electron chi connectivity index (χ0n) is 10.6. The van der Waals surface area contributed by atoms with E-state index in [1.165, 1.54) is 0 Å². The van der Waals surface area contributed by atoms with Gasteiger partial charge in [-0.05, 0) is 19.4 Å². The second-order valence-corrected chi connectivity index (χ2v) is 3.75. The molecule has 15 heavy (non-hydrogen) atoms. The zero-order chi connectivity index (χ0) is 11.7. The molecule has 1 aromatic heterocycles. The maximum atomic E-state index is 5.20. The molecule has 0 saturated carbocycles. The number of nitrogens with zero attached hydrogens (tertiary/aromatic N) is 1. The van der Waals surface area contributed by atoms with Crippen LogP contribution in [-0.4, -0.2) is 18.1 Å². The summed E-state index contributed by atoms with van der Waals surface area (Å²) in [6, 6.07) is 0.471. The summed E-state index contributed by atoms with van der Waals surface area (Å²) >= 11 is 0. The molecule has 1 heterocycles. The fraction of sp³-hybridized carbons (Fsp3) is 0.750. The van der Waals surface area contributed by atoms with Gasteiger partial charge in [0.05, 0.1) is 6.20 Å². The van der Waals surface area contributed by atoms with Crippen molar-refractivity contribution in [1.29, 1.82) is 0 Å². The standard InChI is InChI=1S/C10H18N2O.C2H6/c1-8(2)6-9(11-3)7-10-12-4-5-13-10;1-2/h4-5,8-9,11H,6-7H2,1-3H3;1-2H3. The first kappa shape index (κ1) is 14.2. The summed E-state index contributed by atoms with van der Waals surface area (Å²) < 4.78 is 5.20. The van der Waals surface area contributed by atoms with Gasteiger partial charge in [-0.25, -0.2) is 4.98 Å². The van der Waals surface area contributed by atoms with Crippen LogP contribution in [0.5, 0.6) is 0 Å². The fourth-order valence-electron chi connectivity index (χ4n) is 1.44. The van der Waals surface area contributed by atoms with Gasteiger partial charge in [-0.15, -0.1) is 0 Å². The highest BCUT2D eigenvalue weighted by Crippen LogP contribution is 2.09. The lowest BCUT2D eigenvalue weighted by Crippen LogP contribution is -2.29. The third-order valence-electron chi connectivity index (χ3n) is 2.07. The molecule has 0 spiro atoms. The Morgan fingerprint density at radius 2 is 2.07 bits per heavy atom. The Morgan fingerprint density at radius 3 is 2.47 bits per heavy atom. The Kier molecular flexibility index (Phi) is 8.01. The van der Waals surface area contributed by atoms with E-state index in [9.17, 15) is 0 Å². The van der Waals surface area contributed by atoms with Gasteiger partial charge in [0.25, 0.3) is 0 Å². The molecule has 0 radical (unpaired) electrons. The highest BCUT2D eigenvalue weighted by molar-refractivity contribution is 4.85. The van der Waals surface area contributed by atoms with E-state index >= 15 is 0 Å². The van der Waals surface area contributed by atoms with E-state index in [4.69, 9.17) is 4.42 Å². The molecular formula is C12H24N2O. The molecule has 1 aromatic rings. The molecule has 0 bridgehead atoms. The first-order valence-corrected chi connectivity index (χ1v) is 5.78. The highest BCUT2D eigenvalue weighted by atomic mass is 16.3. The number of oxazole rings is 1. The van der Waals surface area contributed by atoms with Gasteiger partial charge in [-0.1, -0.05) is 27.7 Å². The van der Waals surface area contributed by atoms with Gasteiger partial charge in [-0.2, -0.15) is 0 Å². The molecule has 0 aliphatic carbocycles. The van der Waals surface area contributed by atoms with Crippen LogP contribution >= 0.6 is 0 Å². The molecule has 3 nitrogen and oxygen atoms in total. The Labute approximate surface area is 93.3 Å². The predicted molar refractivity (Wildman–Crippen MR) is 63.9 cm³/mol. The van der Waals surface area contributed by atoms with E-state index in [0.29, 0.717) is 12.0 Å². The Hall–Kier alpha value is -0.830. The molecule has 1 N–H and O–H groups in total. The van der Waals surface area contributed by atoms with Gasteiger partial charge in [-0.3, -0.25) is 0 Å². The molecule has 1 atom stereocenters. The van der Waals surface area contributed by atoms with E-state index in [0.717, 1.165) is 18.7 Å². The first-order chi connectivity index (χ1) is 7.22. The molecule has 1 unspecified atom stereocenters. The first-order valence-electron chi connectivity index (χ1n) is 5.78. The van der Waals surface area contributed by atoms with Crippen LogP contribution in [0.4, 0.5) is 0 Å². The van der Waals surface area contributed by atoms with Crippen molar-refractivity contribution < 1.29 is 4.42 Å². The largest absolute Gasteiger partial charge is 0.449 e. The summed E-state index contributed by atoms with van der Waals surface area (Å²) in [5, 5.41) is 3.27. The molecule has 0 saturated heterocycles. The van der Waals surface area contributed by atoms with Crippen LogP contribution in [0.2, 0.25) is 0 Å². The van der Waals surface area contributed by atoms with E-state index in [1.807, 2.05) is 20.9 Å². The van der Waals surface area contributed by atoms with Crippen molar-refractivity contribution in [2.45, 2.75) is 46.6 Å². The van der Waals surface area contributed by atoms with Gasteiger partial charge >= 0.3 is 0 Å². The number of aromatic nitrogens is 1. The minimum Gasteiger partial charge on any atom is -0.449 e. The molecular weight excluding hydrogens is 188 g/mol. The van der Waals surface area contributed by atoms with Crippen molar-refractivity contribution in [2.24, 2.45) is 5.92 Å². The summed E-state index contributed by atoms with van der Waals surface area (Å²) in [5.41, 5.74) is 0. The fourth-order valence-corrected chi connectivity index (χ4v) is 1.44. The monoisotopic (exact) mass is 212 g/mol. The SMILES string of the molecule is CC.CNC(Cc1ncco1)CC(C)C. The van der Waals surface area contributed by atoms with Crippen LogP contribution < -0.4 is 5.32 Å².